The number of ether oxygens (including phenoxy) is 1. The van der Waals surface area contributed by atoms with E-state index in [4.69, 9.17) is 4.74 Å². The number of aryl methyl sites for hydroxylation is 1. The van der Waals surface area contributed by atoms with Crippen LogP contribution in [0, 0.1) is 20.8 Å². The van der Waals surface area contributed by atoms with Gasteiger partial charge in [0, 0.05) is 37.6 Å². The maximum absolute atomic E-state index is 13.3. The lowest BCUT2D eigenvalue weighted by Gasteiger charge is -2.34. The summed E-state index contributed by atoms with van der Waals surface area (Å²) in [6.45, 7) is 9.24. The molecule has 0 atom stereocenters. The van der Waals surface area contributed by atoms with Gasteiger partial charge in [0.1, 0.15) is 5.75 Å². The molecule has 7 heteroatoms. The normalized spacial score (nSPS) is 16.6. The molecule has 2 aromatic rings. The van der Waals surface area contributed by atoms with E-state index in [0.29, 0.717) is 18.0 Å². The first kappa shape index (κ1) is 20.3. The number of nitrogens with zero attached hydrogens (tertiary/aromatic N) is 2. The smallest absolute Gasteiger partial charge is 0.243 e. The summed E-state index contributed by atoms with van der Waals surface area (Å²) in [7, 11) is -1.88. The van der Waals surface area contributed by atoms with Gasteiger partial charge in [-0.3, -0.25) is 0 Å². The van der Waals surface area contributed by atoms with Crippen LogP contribution in [-0.2, 0) is 16.4 Å². The summed E-state index contributed by atoms with van der Waals surface area (Å²) in [6.07, 6.45) is 1.03. The van der Waals surface area contributed by atoms with Crippen LogP contribution in [0.5, 0.6) is 5.75 Å². The highest BCUT2D eigenvalue weighted by Crippen LogP contribution is 2.32. The van der Waals surface area contributed by atoms with E-state index in [1.807, 2.05) is 26.8 Å². The molecular formula is C20H28N2O3S2. The lowest BCUT2D eigenvalue weighted by atomic mass is 10.1. The molecular weight excluding hydrogens is 380 g/mol. The van der Waals surface area contributed by atoms with E-state index in [-0.39, 0.29) is 0 Å². The lowest BCUT2D eigenvalue weighted by molar-refractivity contribution is 0.190. The topological polar surface area (TPSA) is 49.9 Å². The number of thiophene rings is 1. The van der Waals surface area contributed by atoms with Gasteiger partial charge < -0.3 is 9.64 Å². The van der Waals surface area contributed by atoms with Crippen LogP contribution in [0.2, 0.25) is 0 Å². The number of methoxy groups -OCH3 is 1. The predicted octanol–water partition coefficient (Wildman–Crippen LogP) is 3.23. The number of benzene rings is 1. The minimum Gasteiger partial charge on any atom is -0.496 e. The van der Waals surface area contributed by atoms with Crippen molar-refractivity contribution in [3.63, 3.8) is 0 Å². The van der Waals surface area contributed by atoms with Crippen molar-refractivity contribution in [3.8, 4) is 5.75 Å². The third-order valence-corrected chi connectivity index (χ3v) is 8.51. The van der Waals surface area contributed by atoms with Crippen LogP contribution >= 0.6 is 11.3 Å². The molecule has 0 saturated carbocycles. The highest BCUT2D eigenvalue weighted by molar-refractivity contribution is 7.89. The minimum absolute atomic E-state index is 0.438. The molecule has 1 saturated heterocycles. The van der Waals surface area contributed by atoms with Gasteiger partial charge in [-0.15, -0.1) is 11.3 Å². The molecule has 0 bridgehead atoms. The van der Waals surface area contributed by atoms with Gasteiger partial charge in [0.25, 0.3) is 0 Å². The second-order valence-corrected chi connectivity index (χ2v) is 9.96. The quantitative estimate of drug-likeness (QED) is 0.736. The Balaban J connectivity index is 1.71. The fourth-order valence-corrected chi connectivity index (χ4v) is 6.28. The summed E-state index contributed by atoms with van der Waals surface area (Å²) in [5.41, 5.74) is 2.42. The van der Waals surface area contributed by atoms with Crippen molar-refractivity contribution in [1.82, 2.24) is 9.21 Å². The predicted molar refractivity (Wildman–Crippen MR) is 110 cm³/mol. The van der Waals surface area contributed by atoms with E-state index in [2.05, 4.69) is 22.4 Å². The number of sulfonamides is 1. The van der Waals surface area contributed by atoms with E-state index in [9.17, 15) is 8.42 Å². The largest absolute Gasteiger partial charge is 0.496 e. The van der Waals surface area contributed by atoms with Crippen molar-refractivity contribution in [2.75, 3.05) is 39.8 Å². The molecule has 3 rings (SSSR count). The molecule has 0 aliphatic carbocycles. The van der Waals surface area contributed by atoms with E-state index in [0.717, 1.165) is 48.5 Å². The first-order valence-electron chi connectivity index (χ1n) is 9.24. The highest BCUT2D eigenvalue weighted by Gasteiger charge is 2.31. The zero-order valence-electron chi connectivity index (χ0n) is 16.5. The van der Waals surface area contributed by atoms with Gasteiger partial charge in [-0.25, -0.2) is 8.42 Å². The zero-order chi connectivity index (χ0) is 19.6. The van der Waals surface area contributed by atoms with Crippen LogP contribution in [-0.4, -0.2) is 57.5 Å². The fourth-order valence-electron chi connectivity index (χ4n) is 3.68. The van der Waals surface area contributed by atoms with Crippen LogP contribution in [0.1, 0.15) is 21.6 Å². The number of rotatable bonds is 6. The Kier molecular flexibility index (Phi) is 6.25. The van der Waals surface area contributed by atoms with Gasteiger partial charge >= 0.3 is 0 Å². The second-order valence-electron chi connectivity index (χ2n) is 7.05. The first-order chi connectivity index (χ1) is 12.8. The molecule has 0 unspecified atom stereocenters. The molecule has 1 aromatic heterocycles. The maximum Gasteiger partial charge on any atom is 0.243 e. The van der Waals surface area contributed by atoms with Crippen LogP contribution in [0.3, 0.4) is 0 Å². The summed E-state index contributed by atoms with van der Waals surface area (Å²) in [5.74, 6) is 0.738. The van der Waals surface area contributed by atoms with E-state index in [1.165, 1.54) is 4.88 Å². The SMILES string of the molecule is COc1cc(C)c(S(=O)(=O)N2CCN(CCc3cccs3)CC2)c(C)c1C. The molecule has 148 valence electrons. The molecule has 0 spiro atoms. The Bertz CT molecular complexity index is 884. The summed E-state index contributed by atoms with van der Waals surface area (Å²) >= 11 is 1.78. The molecule has 1 aromatic carbocycles. The summed E-state index contributed by atoms with van der Waals surface area (Å²) < 4.78 is 33.6. The Morgan fingerprint density at radius 3 is 2.41 bits per heavy atom. The summed E-state index contributed by atoms with van der Waals surface area (Å²) in [4.78, 5) is 4.17. The molecule has 1 aliphatic rings. The van der Waals surface area contributed by atoms with Gasteiger partial charge in [0.05, 0.1) is 12.0 Å². The van der Waals surface area contributed by atoms with Gasteiger partial charge in [0.15, 0.2) is 0 Å². The fraction of sp³-hybridized carbons (Fsp3) is 0.500. The standard InChI is InChI=1S/C20H28N2O3S2/c1-15-14-19(25-4)16(2)17(3)20(15)27(23,24)22-11-9-21(10-12-22)8-7-18-6-5-13-26-18/h5-6,13-14H,7-12H2,1-4H3. The van der Waals surface area contributed by atoms with Crippen molar-refractivity contribution in [2.24, 2.45) is 0 Å². The highest BCUT2D eigenvalue weighted by atomic mass is 32.2. The summed E-state index contributed by atoms with van der Waals surface area (Å²) in [5, 5.41) is 2.10. The van der Waals surface area contributed by atoms with Gasteiger partial charge in [-0.2, -0.15) is 4.31 Å². The Labute approximate surface area is 166 Å². The average Bonchev–Trinajstić information content (AvgIpc) is 3.17. The third-order valence-electron chi connectivity index (χ3n) is 5.38. The van der Waals surface area contributed by atoms with Gasteiger partial charge in [-0.1, -0.05) is 6.07 Å². The number of piperazine rings is 1. The zero-order valence-corrected chi connectivity index (χ0v) is 18.1. The van der Waals surface area contributed by atoms with Crippen molar-refractivity contribution in [2.45, 2.75) is 32.1 Å². The van der Waals surface area contributed by atoms with Crippen molar-refractivity contribution < 1.29 is 13.2 Å². The van der Waals surface area contributed by atoms with Crippen LogP contribution in [0.15, 0.2) is 28.5 Å². The molecule has 1 aliphatic heterocycles. The number of hydrogen-bond acceptors (Lipinski definition) is 5. The molecule has 1 fully saturated rings. The minimum atomic E-state index is -3.50. The van der Waals surface area contributed by atoms with E-state index in [1.54, 1.807) is 22.8 Å². The Hall–Kier alpha value is -1.41. The van der Waals surface area contributed by atoms with Crippen LogP contribution in [0.25, 0.3) is 0 Å². The van der Waals surface area contributed by atoms with Gasteiger partial charge in [0.2, 0.25) is 10.0 Å². The second kappa shape index (κ2) is 8.31. The van der Waals surface area contributed by atoms with Gasteiger partial charge in [-0.05, 0) is 61.4 Å². The van der Waals surface area contributed by atoms with Crippen molar-refractivity contribution in [3.05, 3.63) is 45.1 Å². The van der Waals surface area contributed by atoms with E-state index < -0.39 is 10.0 Å². The third kappa shape index (κ3) is 4.21. The molecule has 5 nitrogen and oxygen atoms in total. The monoisotopic (exact) mass is 408 g/mol. The van der Waals surface area contributed by atoms with Crippen LogP contribution < -0.4 is 4.74 Å². The number of hydrogen-bond donors (Lipinski definition) is 0. The average molecular weight is 409 g/mol. The molecule has 27 heavy (non-hydrogen) atoms. The Morgan fingerprint density at radius 1 is 1.11 bits per heavy atom. The molecule has 2 heterocycles. The molecule has 0 N–H and O–H groups in total. The lowest BCUT2D eigenvalue weighted by Crippen LogP contribution is -2.49. The summed E-state index contributed by atoms with van der Waals surface area (Å²) in [6, 6.07) is 6.06. The Morgan fingerprint density at radius 2 is 1.81 bits per heavy atom. The van der Waals surface area contributed by atoms with Crippen molar-refractivity contribution >= 4 is 21.4 Å². The first-order valence-corrected chi connectivity index (χ1v) is 11.6. The van der Waals surface area contributed by atoms with Crippen molar-refractivity contribution in [1.29, 1.82) is 0 Å². The molecule has 0 radical (unpaired) electrons. The molecule has 0 amide bonds. The van der Waals surface area contributed by atoms with E-state index >= 15 is 0 Å². The van der Waals surface area contributed by atoms with Crippen LogP contribution in [0.4, 0.5) is 0 Å². The maximum atomic E-state index is 13.3.